The van der Waals surface area contributed by atoms with E-state index in [0.29, 0.717) is 34.2 Å². The van der Waals surface area contributed by atoms with E-state index in [-0.39, 0.29) is 17.3 Å². The molecule has 0 saturated carbocycles. The highest BCUT2D eigenvalue weighted by Crippen LogP contribution is 2.26. The van der Waals surface area contributed by atoms with Crippen molar-refractivity contribution in [2.24, 2.45) is 0 Å². The lowest BCUT2D eigenvalue weighted by Crippen LogP contribution is -2.27. The number of aryl methyl sites for hydroxylation is 2. The molecule has 3 aromatic rings. The highest BCUT2D eigenvalue weighted by atomic mass is 35.5. The fourth-order valence-electron chi connectivity index (χ4n) is 3.28. The van der Waals surface area contributed by atoms with Crippen LogP contribution in [-0.4, -0.2) is 32.3 Å². The average molecular weight is 487 g/mol. The van der Waals surface area contributed by atoms with Crippen molar-refractivity contribution in [2.45, 2.75) is 32.2 Å². The molecule has 6 nitrogen and oxygen atoms in total. The Balaban J connectivity index is 1.89. The summed E-state index contributed by atoms with van der Waals surface area (Å²) in [6.45, 7) is 6.08. The Morgan fingerprint density at radius 3 is 2.39 bits per heavy atom. The fourth-order valence-corrected chi connectivity index (χ4v) is 4.60. The van der Waals surface area contributed by atoms with Crippen molar-refractivity contribution >= 4 is 33.2 Å². The van der Waals surface area contributed by atoms with E-state index in [4.69, 9.17) is 16.3 Å². The van der Waals surface area contributed by atoms with Crippen molar-refractivity contribution in [3.8, 4) is 5.75 Å². The second kappa shape index (κ2) is 10.4. The highest BCUT2D eigenvalue weighted by molar-refractivity contribution is 7.89. The number of hydrogen-bond donors (Lipinski definition) is 1. The van der Waals surface area contributed by atoms with Gasteiger partial charge in [-0.25, -0.2) is 8.42 Å². The number of rotatable bonds is 8. The molecule has 1 N–H and O–H groups in total. The van der Waals surface area contributed by atoms with Crippen LogP contribution in [0.2, 0.25) is 5.02 Å². The normalized spacial score (nSPS) is 11.5. The molecule has 3 rings (SSSR count). The van der Waals surface area contributed by atoms with Crippen LogP contribution in [0.1, 0.15) is 34.0 Å². The standard InChI is InChI=1S/C25H27ClN2O4S/c1-5-32-24-13-9-19(25(29)27-23-15-21(26)10-8-18(23)3)14-20(24)16-28(4)33(30,31)22-11-6-17(2)7-12-22/h6-15H,5,16H2,1-4H3,(H,27,29). The molecule has 3 aromatic carbocycles. The molecule has 8 heteroatoms. The van der Waals surface area contributed by atoms with E-state index in [9.17, 15) is 13.2 Å². The van der Waals surface area contributed by atoms with Gasteiger partial charge in [-0.15, -0.1) is 0 Å². The molecule has 33 heavy (non-hydrogen) atoms. The van der Waals surface area contributed by atoms with Crippen molar-refractivity contribution in [3.05, 3.63) is 87.9 Å². The van der Waals surface area contributed by atoms with E-state index in [2.05, 4.69) is 5.32 Å². The predicted octanol–water partition coefficient (Wildman–Crippen LogP) is 5.43. The van der Waals surface area contributed by atoms with Gasteiger partial charge in [0, 0.05) is 35.4 Å². The number of carbonyl (C=O) groups is 1. The van der Waals surface area contributed by atoms with Crippen LogP contribution in [0.15, 0.2) is 65.6 Å². The van der Waals surface area contributed by atoms with Crippen molar-refractivity contribution in [1.82, 2.24) is 4.31 Å². The fraction of sp³-hybridized carbons (Fsp3) is 0.240. The van der Waals surface area contributed by atoms with Gasteiger partial charge in [-0.2, -0.15) is 4.31 Å². The van der Waals surface area contributed by atoms with Gasteiger partial charge in [0.1, 0.15) is 5.75 Å². The van der Waals surface area contributed by atoms with Crippen LogP contribution in [0.4, 0.5) is 5.69 Å². The number of nitrogens with zero attached hydrogens (tertiary/aromatic N) is 1. The summed E-state index contributed by atoms with van der Waals surface area (Å²) >= 11 is 6.06. The molecule has 0 saturated heterocycles. The lowest BCUT2D eigenvalue weighted by atomic mass is 10.1. The molecule has 1 amide bonds. The Labute approximate surface area is 200 Å². The molecule has 0 spiro atoms. The van der Waals surface area contributed by atoms with Gasteiger partial charge in [-0.3, -0.25) is 4.79 Å². The van der Waals surface area contributed by atoms with E-state index < -0.39 is 10.0 Å². The van der Waals surface area contributed by atoms with E-state index >= 15 is 0 Å². The number of ether oxygens (including phenoxy) is 1. The third-order valence-corrected chi connectivity index (χ3v) is 7.25. The van der Waals surface area contributed by atoms with Gasteiger partial charge in [0.2, 0.25) is 10.0 Å². The second-order valence-corrected chi connectivity index (χ2v) is 10.2. The summed E-state index contributed by atoms with van der Waals surface area (Å²) in [5.41, 5.74) is 3.44. The number of benzene rings is 3. The van der Waals surface area contributed by atoms with Crippen LogP contribution in [0.5, 0.6) is 5.75 Å². The molecule has 0 fully saturated rings. The van der Waals surface area contributed by atoms with Crippen LogP contribution in [0, 0.1) is 13.8 Å². The number of halogens is 1. The van der Waals surface area contributed by atoms with Crippen LogP contribution in [-0.2, 0) is 16.6 Å². The molecule has 0 bridgehead atoms. The van der Waals surface area contributed by atoms with E-state index in [0.717, 1.165) is 11.1 Å². The van der Waals surface area contributed by atoms with Crippen molar-refractivity contribution in [2.75, 3.05) is 19.0 Å². The summed E-state index contributed by atoms with van der Waals surface area (Å²) in [4.78, 5) is 13.1. The van der Waals surface area contributed by atoms with Crippen molar-refractivity contribution < 1.29 is 17.9 Å². The van der Waals surface area contributed by atoms with Gasteiger partial charge in [0.25, 0.3) is 5.91 Å². The Morgan fingerprint density at radius 2 is 1.73 bits per heavy atom. The molecule has 0 aliphatic heterocycles. The largest absolute Gasteiger partial charge is 0.494 e. The van der Waals surface area contributed by atoms with E-state index in [1.165, 1.54) is 11.4 Å². The minimum absolute atomic E-state index is 0.0445. The Kier molecular flexibility index (Phi) is 7.79. The molecule has 0 atom stereocenters. The molecule has 0 aromatic heterocycles. The summed E-state index contributed by atoms with van der Waals surface area (Å²) in [6.07, 6.45) is 0. The lowest BCUT2D eigenvalue weighted by molar-refractivity contribution is 0.102. The maximum Gasteiger partial charge on any atom is 0.255 e. The zero-order chi connectivity index (χ0) is 24.2. The quantitative estimate of drug-likeness (QED) is 0.460. The van der Waals surface area contributed by atoms with Crippen LogP contribution in [0.3, 0.4) is 0 Å². The minimum Gasteiger partial charge on any atom is -0.494 e. The zero-order valence-electron chi connectivity index (χ0n) is 19.1. The van der Waals surface area contributed by atoms with E-state index in [1.807, 2.05) is 26.8 Å². The van der Waals surface area contributed by atoms with Gasteiger partial charge in [0.05, 0.1) is 11.5 Å². The number of sulfonamides is 1. The first-order chi connectivity index (χ1) is 15.6. The predicted molar refractivity (Wildman–Crippen MR) is 132 cm³/mol. The van der Waals surface area contributed by atoms with Crippen LogP contribution >= 0.6 is 11.6 Å². The summed E-state index contributed by atoms with van der Waals surface area (Å²) < 4.78 is 33.0. The van der Waals surface area contributed by atoms with Gasteiger partial charge in [-0.1, -0.05) is 35.4 Å². The van der Waals surface area contributed by atoms with Crippen LogP contribution < -0.4 is 10.1 Å². The third kappa shape index (κ3) is 5.93. The Hall–Kier alpha value is -2.87. The average Bonchev–Trinajstić information content (AvgIpc) is 2.77. The monoisotopic (exact) mass is 486 g/mol. The molecule has 174 valence electrons. The first kappa shape index (κ1) is 24.8. The molecule has 0 heterocycles. The molecular formula is C25H27ClN2O4S. The summed E-state index contributed by atoms with van der Waals surface area (Å²) in [7, 11) is -2.21. The molecular weight excluding hydrogens is 460 g/mol. The van der Waals surface area contributed by atoms with Crippen molar-refractivity contribution in [3.63, 3.8) is 0 Å². The van der Waals surface area contributed by atoms with Crippen molar-refractivity contribution in [1.29, 1.82) is 0 Å². The minimum atomic E-state index is -3.72. The second-order valence-electron chi connectivity index (χ2n) is 7.74. The van der Waals surface area contributed by atoms with E-state index in [1.54, 1.807) is 54.6 Å². The molecule has 0 aliphatic rings. The summed E-state index contributed by atoms with van der Waals surface area (Å²) in [6, 6.07) is 16.9. The number of nitrogens with one attached hydrogen (secondary N) is 1. The maximum absolute atomic E-state index is 13.0. The van der Waals surface area contributed by atoms with Gasteiger partial charge < -0.3 is 10.1 Å². The van der Waals surface area contributed by atoms with Gasteiger partial charge in [-0.05, 0) is 68.8 Å². The first-order valence-corrected chi connectivity index (χ1v) is 12.3. The van der Waals surface area contributed by atoms with Crippen LogP contribution in [0.25, 0.3) is 0 Å². The van der Waals surface area contributed by atoms with Gasteiger partial charge >= 0.3 is 0 Å². The Morgan fingerprint density at radius 1 is 1.03 bits per heavy atom. The number of carbonyl (C=O) groups excluding carboxylic acids is 1. The SMILES string of the molecule is CCOc1ccc(C(=O)Nc2cc(Cl)ccc2C)cc1CN(C)S(=O)(=O)c1ccc(C)cc1. The highest BCUT2D eigenvalue weighted by Gasteiger charge is 2.23. The smallest absolute Gasteiger partial charge is 0.255 e. The zero-order valence-corrected chi connectivity index (χ0v) is 20.6. The first-order valence-electron chi connectivity index (χ1n) is 10.5. The summed E-state index contributed by atoms with van der Waals surface area (Å²) in [5, 5.41) is 3.38. The molecule has 0 unspecified atom stereocenters. The summed E-state index contributed by atoms with van der Waals surface area (Å²) in [5.74, 6) is 0.202. The third-order valence-electron chi connectivity index (χ3n) is 5.19. The topological polar surface area (TPSA) is 75.7 Å². The maximum atomic E-state index is 13.0. The Bertz CT molecular complexity index is 1260. The molecule has 0 radical (unpaired) electrons. The number of amides is 1. The lowest BCUT2D eigenvalue weighted by Gasteiger charge is -2.20. The van der Waals surface area contributed by atoms with Gasteiger partial charge in [0.15, 0.2) is 0 Å². The number of hydrogen-bond acceptors (Lipinski definition) is 4. The number of anilines is 1. The molecule has 0 aliphatic carbocycles.